The van der Waals surface area contributed by atoms with Crippen molar-refractivity contribution in [2.75, 3.05) is 18.4 Å². The first-order valence-corrected chi connectivity index (χ1v) is 9.40. The van der Waals surface area contributed by atoms with E-state index in [2.05, 4.69) is 15.1 Å². The Labute approximate surface area is 164 Å². The summed E-state index contributed by atoms with van der Waals surface area (Å²) < 4.78 is 0.619. The van der Waals surface area contributed by atoms with Crippen LogP contribution in [0.3, 0.4) is 0 Å². The number of guanidine groups is 1. The van der Waals surface area contributed by atoms with Gasteiger partial charge < -0.3 is 10.2 Å². The number of rotatable bonds is 6. The van der Waals surface area contributed by atoms with Crippen molar-refractivity contribution in [2.24, 2.45) is 4.99 Å². The Hall–Kier alpha value is -2.65. The molecule has 0 aliphatic carbocycles. The van der Waals surface area contributed by atoms with Crippen molar-refractivity contribution in [1.29, 1.82) is 0 Å². The zero-order valence-corrected chi connectivity index (χ0v) is 16.0. The third-order valence-corrected chi connectivity index (χ3v) is 5.33. The van der Waals surface area contributed by atoms with E-state index in [1.54, 1.807) is 29.2 Å². The fourth-order valence-corrected chi connectivity index (χ4v) is 3.75. The number of aliphatic imine (C=N–C) groups is 1. The van der Waals surface area contributed by atoms with Gasteiger partial charge in [0.05, 0.1) is 18.7 Å². The van der Waals surface area contributed by atoms with Gasteiger partial charge in [0.25, 0.3) is 5.09 Å². The smallest absolute Gasteiger partial charge is 0.294 e. The molecule has 0 saturated carbocycles. The van der Waals surface area contributed by atoms with E-state index in [4.69, 9.17) is 11.6 Å². The van der Waals surface area contributed by atoms with Crippen molar-refractivity contribution < 1.29 is 14.7 Å². The monoisotopic (exact) mass is 408 g/mol. The molecule has 1 aromatic carbocycles. The fourth-order valence-electron chi connectivity index (χ4n) is 2.70. The number of aryl methyl sites for hydroxylation is 1. The van der Waals surface area contributed by atoms with Crippen molar-refractivity contribution in [2.45, 2.75) is 20.0 Å². The number of anilines is 1. The molecule has 1 aliphatic heterocycles. The van der Waals surface area contributed by atoms with E-state index in [0.717, 1.165) is 16.8 Å². The maximum absolute atomic E-state index is 12.7. The van der Waals surface area contributed by atoms with Crippen LogP contribution in [0.15, 0.2) is 34.6 Å². The molecule has 1 aliphatic rings. The van der Waals surface area contributed by atoms with Crippen molar-refractivity contribution in [3.05, 3.63) is 60.8 Å². The van der Waals surface area contributed by atoms with Crippen molar-refractivity contribution in [1.82, 2.24) is 4.90 Å². The standard InChI is InChI=1S/C17H17ClN4O4S/c1-11-10-27-16(18)15(11)20-17-19-5-6-21(17)14(23)8-12-3-2-4-13(7-12)9-26-22(24)25/h2-4,7,10H,5-6,8-9H2,1H3,(H,19,20). The summed E-state index contributed by atoms with van der Waals surface area (Å²) in [5.74, 6) is 0.367. The minimum absolute atomic E-state index is 0.116. The van der Waals surface area contributed by atoms with E-state index < -0.39 is 5.09 Å². The maximum Gasteiger partial charge on any atom is 0.294 e. The van der Waals surface area contributed by atoms with Crippen LogP contribution in [0, 0.1) is 17.0 Å². The van der Waals surface area contributed by atoms with E-state index in [9.17, 15) is 14.9 Å². The molecule has 2 aromatic rings. The third kappa shape index (κ3) is 4.75. The second kappa shape index (κ2) is 8.36. The van der Waals surface area contributed by atoms with Gasteiger partial charge >= 0.3 is 0 Å². The van der Waals surface area contributed by atoms with E-state index >= 15 is 0 Å². The number of benzene rings is 1. The average Bonchev–Trinajstić information content (AvgIpc) is 3.22. The molecule has 2 heterocycles. The highest BCUT2D eigenvalue weighted by Gasteiger charge is 2.25. The number of carbonyl (C=O) groups is 1. The van der Waals surface area contributed by atoms with Gasteiger partial charge in [-0.15, -0.1) is 21.5 Å². The van der Waals surface area contributed by atoms with E-state index in [1.165, 1.54) is 11.3 Å². The molecular formula is C17H17ClN4O4S. The number of nitrogens with zero attached hydrogens (tertiary/aromatic N) is 3. The summed E-state index contributed by atoms with van der Waals surface area (Å²) >= 11 is 7.61. The normalized spacial score (nSPS) is 13.4. The fraction of sp³-hybridized carbons (Fsp3) is 0.294. The van der Waals surface area contributed by atoms with E-state index in [0.29, 0.717) is 28.9 Å². The Morgan fingerprint density at radius 2 is 2.26 bits per heavy atom. The molecule has 10 heteroatoms. The zero-order valence-electron chi connectivity index (χ0n) is 14.5. The molecule has 27 heavy (non-hydrogen) atoms. The molecule has 3 rings (SSSR count). The molecule has 0 unspecified atom stereocenters. The SMILES string of the molecule is Cc1csc(Cl)c1NC1=NCCN1C(=O)Cc1cccc(CO[N+](=O)[O-])c1. The molecule has 1 aromatic heterocycles. The van der Waals surface area contributed by atoms with Crippen LogP contribution >= 0.6 is 22.9 Å². The van der Waals surface area contributed by atoms with Crippen LogP contribution in [0.5, 0.6) is 0 Å². The van der Waals surface area contributed by atoms with Crippen molar-refractivity contribution in [3.8, 4) is 0 Å². The van der Waals surface area contributed by atoms with Gasteiger partial charge in [-0.25, -0.2) is 0 Å². The van der Waals surface area contributed by atoms with Gasteiger partial charge in [-0.05, 0) is 29.0 Å². The summed E-state index contributed by atoms with van der Waals surface area (Å²) in [6.07, 6.45) is 0.156. The molecule has 0 spiro atoms. The predicted octanol–water partition coefficient (Wildman–Crippen LogP) is 3.27. The Kier molecular flexibility index (Phi) is 5.92. The zero-order chi connectivity index (χ0) is 19.4. The average molecular weight is 409 g/mol. The first-order chi connectivity index (χ1) is 12.9. The first-order valence-electron chi connectivity index (χ1n) is 8.14. The highest BCUT2D eigenvalue weighted by Crippen LogP contribution is 2.32. The van der Waals surface area contributed by atoms with Gasteiger partial charge in [0.1, 0.15) is 10.9 Å². The summed E-state index contributed by atoms with van der Waals surface area (Å²) in [5.41, 5.74) is 3.14. The molecule has 0 fully saturated rings. The predicted molar refractivity (Wildman–Crippen MR) is 104 cm³/mol. The Bertz CT molecular complexity index is 879. The number of amides is 1. The molecule has 0 saturated heterocycles. The highest BCUT2D eigenvalue weighted by molar-refractivity contribution is 7.15. The van der Waals surface area contributed by atoms with Crippen LogP contribution in [-0.4, -0.2) is 34.9 Å². The number of nitrogens with one attached hydrogen (secondary N) is 1. The summed E-state index contributed by atoms with van der Waals surface area (Å²) in [7, 11) is 0. The topological polar surface area (TPSA) is 97.1 Å². The molecule has 1 amide bonds. The van der Waals surface area contributed by atoms with Gasteiger partial charge in [-0.3, -0.25) is 14.7 Å². The lowest BCUT2D eigenvalue weighted by molar-refractivity contribution is -0.763. The van der Waals surface area contributed by atoms with Gasteiger partial charge in [0, 0.05) is 6.54 Å². The van der Waals surface area contributed by atoms with Crippen LogP contribution in [0.1, 0.15) is 16.7 Å². The number of halogens is 1. The summed E-state index contributed by atoms with van der Waals surface area (Å²) in [6, 6.07) is 6.98. The number of carbonyl (C=O) groups excluding carboxylic acids is 1. The number of hydrogen-bond acceptors (Lipinski definition) is 7. The van der Waals surface area contributed by atoms with Gasteiger partial charge in [0.15, 0.2) is 0 Å². The lowest BCUT2D eigenvalue weighted by Gasteiger charge is -2.19. The van der Waals surface area contributed by atoms with Gasteiger partial charge in [0.2, 0.25) is 11.9 Å². The third-order valence-electron chi connectivity index (χ3n) is 3.99. The lowest BCUT2D eigenvalue weighted by Crippen LogP contribution is -2.39. The molecule has 1 N–H and O–H groups in total. The van der Waals surface area contributed by atoms with Crippen LogP contribution in [0.2, 0.25) is 4.34 Å². The Morgan fingerprint density at radius 3 is 2.96 bits per heavy atom. The highest BCUT2D eigenvalue weighted by atomic mass is 35.5. The minimum Gasteiger partial charge on any atom is -0.324 e. The molecule has 0 bridgehead atoms. The summed E-state index contributed by atoms with van der Waals surface area (Å²) in [6.45, 7) is 2.80. The van der Waals surface area contributed by atoms with Crippen molar-refractivity contribution >= 4 is 40.5 Å². The summed E-state index contributed by atoms with van der Waals surface area (Å²) in [5, 5.41) is 14.6. The number of hydrogen-bond donors (Lipinski definition) is 1. The number of thiophene rings is 1. The lowest BCUT2D eigenvalue weighted by atomic mass is 10.1. The van der Waals surface area contributed by atoms with Crippen LogP contribution in [0.25, 0.3) is 0 Å². The Morgan fingerprint density at radius 1 is 1.48 bits per heavy atom. The van der Waals surface area contributed by atoms with Crippen LogP contribution < -0.4 is 5.32 Å². The van der Waals surface area contributed by atoms with Gasteiger partial charge in [-0.1, -0.05) is 35.9 Å². The second-order valence-corrected chi connectivity index (χ2v) is 7.42. The Balaban J connectivity index is 1.66. The van der Waals surface area contributed by atoms with Crippen molar-refractivity contribution in [3.63, 3.8) is 0 Å². The van der Waals surface area contributed by atoms with Gasteiger partial charge in [-0.2, -0.15) is 0 Å². The van der Waals surface area contributed by atoms with E-state index in [-0.39, 0.29) is 18.9 Å². The summed E-state index contributed by atoms with van der Waals surface area (Å²) in [4.78, 5) is 33.4. The maximum atomic E-state index is 12.7. The minimum atomic E-state index is -0.839. The largest absolute Gasteiger partial charge is 0.324 e. The molecule has 8 nitrogen and oxygen atoms in total. The van der Waals surface area contributed by atoms with Crippen LogP contribution in [-0.2, 0) is 22.7 Å². The second-order valence-electron chi connectivity index (χ2n) is 5.94. The molecular weight excluding hydrogens is 392 g/mol. The van der Waals surface area contributed by atoms with Crippen LogP contribution in [0.4, 0.5) is 5.69 Å². The molecule has 0 radical (unpaired) electrons. The quantitative estimate of drug-likeness (QED) is 0.584. The molecule has 0 atom stereocenters. The first kappa shape index (κ1) is 19.1. The van der Waals surface area contributed by atoms with E-state index in [1.807, 2.05) is 12.3 Å². The molecule has 142 valence electrons.